The molecule has 102 valence electrons. The summed E-state index contributed by atoms with van der Waals surface area (Å²) in [5, 5.41) is -0.307. The largest absolute Gasteiger partial charge is 0.573 e. The minimum absolute atomic E-state index is 0.307. The molecule has 0 aromatic carbocycles. The van der Waals surface area contributed by atoms with Gasteiger partial charge in [-0.1, -0.05) is 15.9 Å². The molecule has 0 saturated heterocycles. The van der Waals surface area contributed by atoms with Crippen molar-refractivity contribution in [3.63, 3.8) is 0 Å². The maximum Gasteiger partial charge on any atom is 0.573 e. The minimum Gasteiger partial charge on any atom is -0.400 e. The molecule has 0 N–H and O–H groups in total. The second-order valence-electron chi connectivity index (χ2n) is 2.95. The van der Waals surface area contributed by atoms with E-state index in [1.54, 1.807) is 0 Å². The van der Waals surface area contributed by atoms with Crippen LogP contribution in [0.2, 0.25) is 0 Å². The number of halogens is 8. The van der Waals surface area contributed by atoms with Gasteiger partial charge in [0.25, 0.3) is 0 Å². The minimum atomic E-state index is -5.45. The Morgan fingerprint density at radius 1 is 1.17 bits per heavy atom. The van der Waals surface area contributed by atoms with Crippen molar-refractivity contribution in [3.05, 3.63) is 23.3 Å². The summed E-state index contributed by atoms with van der Waals surface area (Å²) in [4.78, 5) is 2.75. The Bertz CT molecular complexity index is 442. The highest BCUT2D eigenvalue weighted by atomic mass is 79.9. The van der Waals surface area contributed by atoms with Crippen LogP contribution in [-0.4, -0.2) is 11.3 Å². The molecule has 1 heterocycles. The predicted molar refractivity (Wildman–Crippen MR) is 48.5 cm³/mol. The lowest BCUT2D eigenvalue weighted by molar-refractivity contribution is -0.277. The maximum atomic E-state index is 13.4. The topological polar surface area (TPSA) is 22.1 Å². The second kappa shape index (κ2) is 4.90. The maximum absolute atomic E-state index is 13.4. The highest BCUT2D eigenvalue weighted by Crippen LogP contribution is 2.39. The predicted octanol–water partition coefficient (Wildman–Crippen LogP) is 4.03. The van der Waals surface area contributed by atoms with Crippen LogP contribution in [0.3, 0.4) is 0 Å². The number of ether oxygens (including phenoxy) is 1. The van der Waals surface area contributed by atoms with Crippen molar-refractivity contribution in [3.8, 4) is 5.75 Å². The third-order valence-electron chi connectivity index (χ3n) is 1.68. The summed E-state index contributed by atoms with van der Waals surface area (Å²) in [7, 11) is 0. The number of alkyl halides is 7. The molecular formula is C8H3BrF7NO. The molecule has 1 aromatic heterocycles. The Morgan fingerprint density at radius 3 is 2.11 bits per heavy atom. The molecule has 0 spiro atoms. The van der Waals surface area contributed by atoms with Gasteiger partial charge in [-0.15, -0.1) is 13.2 Å². The second-order valence-corrected chi connectivity index (χ2v) is 3.52. The number of hydrogen-bond donors (Lipinski definition) is 0. The van der Waals surface area contributed by atoms with Gasteiger partial charge in [-0.3, -0.25) is 0 Å². The zero-order valence-electron chi connectivity index (χ0n) is 8.16. The van der Waals surface area contributed by atoms with Crippen molar-refractivity contribution < 1.29 is 35.5 Å². The summed E-state index contributed by atoms with van der Waals surface area (Å²) in [5.41, 5.74) is -2.55. The van der Waals surface area contributed by atoms with Gasteiger partial charge in [-0.05, 0) is 0 Å². The Hall–Kier alpha value is -1.06. The summed E-state index contributed by atoms with van der Waals surface area (Å²) >= 11 is 2.70. The van der Waals surface area contributed by atoms with E-state index in [1.165, 1.54) is 0 Å². The summed E-state index contributed by atoms with van der Waals surface area (Å²) in [6.45, 7) is 0. The lowest BCUT2D eigenvalue weighted by Gasteiger charge is -2.16. The standard InChI is InChI=1S/C8H3BrF7NO/c9-1-3-2-17-6(7(11,12)13)5(4(3)10)18-8(14,15)16/h2H,1H2. The van der Waals surface area contributed by atoms with Gasteiger partial charge in [-0.25, -0.2) is 9.37 Å². The summed E-state index contributed by atoms with van der Waals surface area (Å²) in [5.74, 6) is -3.74. The Balaban J connectivity index is 3.41. The van der Waals surface area contributed by atoms with Gasteiger partial charge in [0.15, 0.2) is 17.3 Å². The van der Waals surface area contributed by atoms with Gasteiger partial charge >= 0.3 is 12.5 Å². The van der Waals surface area contributed by atoms with Crippen LogP contribution in [0, 0.1) is 5.82 Å². The first-order chi connectivity index (χ1) is 8.06. The highest BCUT2D eigenvalue weighted by molar-refractivity contribution is 9.08. The van der Waals surface area contributed by atoms with Crippen molar-refractivity contribution in [2.45, 2.75) is 17.9 Å². The van der Waals surface area contributed by atoms with E-state index < -0.39 is 35.4 Å². The summed E-state index contributed by atoms with van der Waals surface area (Å²) < 4.78 is 89.3. The zero-order chi connectivity index (χ0) is 14.1. The summed E-state index contributed by atoms with van der Waals surface area (Å²) in [6.07, 6.45) is -10.2. The smallest absolute Gasteiger partial charge is 0.400 e. The van der Waals surface area contributed by atoms with Crippen molar-refractivity contribution in [1.29, 1.82) is 0 Å². The third kappa shape index (κ3) is 3.47. The number of aromatic nitrogens is 1. The monoisotopic (exact) mass is 341 g/mol. The fourth-order valence-electron chi connectivity index (χ4n) is 1.01. The fourth-order valence-corrected chi connectivity index (χ4v) is 1.40. The molecule has 0 amide bonds. The van der Waals surface area contributed by atoms with Crippen LogP contribution < -0.4 is 4.74 Å². The molecule has 0 radical (unpaired) electrons. The van der Waals surface area contributed by atoms with Gasteiger partial charge in [0.05, 0.1) is 0 Å². The lowest BCUT2D eigenvalue weighted by Crippen LogP contribution is -2.22. The van der Waals surface area contributed by atoms with Crippen LogP contribution in [-0.2, 0) is 11.5 Å². The van der Waals surface area contributed by atoms with Gasteiger partial charge in [-0.2, -0.15) is 13.2 Å². The van der Waals surface area contributed by atoms with Crippen molar-refractivity contribution in [1.82, 2.24) is 4.98 Å². The molecule has 0 unspecified atom stereocenters. The van der Waals surface area contributed by atoms with E-state index >= 15 is 0 Å². The molecule has 0 bridgehead atoms. The Morgan fingerprint density at radius 2 is 1.72 bits per heavy atom. The summed E-state index contributed by atoms with van der Waals surface area (Å²) in [6, 6.07) is 0. The number of pyridine rings is 1. The van der Waals surface area contributed by atoms with E-state index in [0.717, 1.165) is 0 Å². The van der Waals surface area contributed by atoms with E-state index in [9.17, 15) is 30.7 Å². The van der Waals surface area contributed by atoms with Gasteiger partial charge < -0.3 is 4.74 Å². The highest BCUT2D eigenvalue weighted by Gasteiger charge is 2.43. The molecule has 0 saturated carbocycles. The van der Waals surface area contributed by atoms with Crippen molar-refractivity contribution in [2.75, 3.05) is 0 Å². The fraction of sp³-hybridized carbons (Fsp3) is 0.375. The first kappa shape index (κ1) is 15.0. The molecule has 0 aliphatic carbocycles. The molecule has 1 rings (SSSR count). The van der Waals surface area contributed by atoms with Crippen LogP contribution in [0.4, 0.5) is 30.7 Å². The molecule has 0 fully saturated rings. The molecular weight excluding hydrogens is 339 g/mol. The molecule has 0 aliphatic heterocycles. The SMILES string of the molecule is Fc1c(CBr)cnc(C(F)(F)F)c1OC(F)(F)F. The average Bonchev–Trinajstić information content (AvgIpc) is 2.17. The number of nitrogens with zero attached hydrogens (tertiary/aromatic N) is 1. The molecule has 10 heteroatoms. The Kier molecular flexibility index (Phi) is 4.08. The van der Waals surface area contributed by atoms with Crippen LogP contribution in [0.15, 0.2) is 6.20 Å². The first-order valence-corrected chi connectivity index (χ1v) is 5.24. The van der Waals surface area contributed by atoms with Crippen molar-refractivity contribution in [2.24, 2.45) is 0 Å². The van der Waals surface area contributed by atoms with E-state index in [0.29, 0.717) is 6.20 Å². The third-order valence-corrected chi connectivity index (χ3v) is 2.28. The van der Waals surface area contributed by atoms with Crippen molar-refractivity contribution >= 4 is 15.9 Å². The molecule has 18 heavy (non-hydrogen) atoms. The average molecular weight is 342 g/mol. The van der Waals surface area contributed by atoms with Gasteiger partial charge in [0, 0.05) is 17.1 Å². The zero-order valence-corrected chi connectivity index (χ0v) is 9.75. The molecule has 0 aliphatic rings. The van der Waals surface area contributed by atoms with Gasteiger partial charge in [0.1, 0.15) is 0 Å². The van der Waals surface area contributed by atoms with E-state index in [2.05, 4.69) is 25.7 Å². The quantitative estimate of drug-likeness (QED) is 0.598. The van der Waals surface area contributed by atoms with Gasteiger partial charge in [0.2, 0.25) is 0 Å². The molecule has 1 aromatic rings. The van der Waals surface area contributed by atoms with Crippen LogP contribution >= 0.6 is 15.9 Å². The van der Waals surface area contributed by atoms with E-state index in [-0.39, 0.29) is 5.33 Å². The molecule has 0 atom stereocenters. The van der Waals surface area contributed by atoms with Crippen LogP contribution in [0.5, 0.6) is 5.75 Å². The Labute approximate surface area is 104 Å². The van der Waals surface area contributed by atoms with Crippen LogP contribution in [0.1, 0.15) is 11.3 Å². The van der Waals surface area contributed by atoms with E-state index in [4.69, 9.17) is 0 Å². The van der Waals surface area contributed by atoms with E-state index in [1.807, 2.05) is 0 Å². The number of hydrogen-bond acceptors (Lipinski definition) is 2. The molecule has 2 nitrogen and oxygen atoms in total. The normalized spacial score (nSPS) is 12.7. The first-order valence-electron chi connectivity index (χ1n) is 4.12. The van der Waals surface area contributed by atoms with Crippen LogP contribution in [0.25, 0.3) is 0 Å². The lowest BCUT2D eigenvalue weighted by atomic mass is 10.2. The number of rotatable bonds is 2.